The molecule has 2 heteroatoms. The van der Waals surface area contributed by atoms with Crippen LogP contribution < -0.4 is 4.90 Å². The Kier molecular flexibility index (Phi) is 7.89. The molecule has 2 nitrogen and oxygen atoms in total. The Balaban J connectivity index is 1.04. The summed E-state index contributed by atoms with van der Waals surface area (Å²) in [4.78, 5) is 2.42. The monoisotopic (exact) mass is 762 g/mol. The lowest BCUT2D eigenvalue weighted by Crippen LogP contribution is -2.10. The second-order valence-electron chi connectivity index (χ2n) is 15.7. The molecule has 0 fully saturated rings. The third-order valence-electron chi connectivity index (χ3n) is 12.4. The zero-order chi connectivity index (χ0) is 39.6. The molecule has 0 spiro atoms. The number of rotatable bonds is 6. The Morgan fingerprint density at radius 3 is 1.45 bits per heavy atom. The zero-order valence-electron chi connectivity index (χ0n) is 32.8. The molecular weight excluding hydrogens is 725 g/mol. The molecule has 11 aromatic carbocycles. The highest BCUT2D eigenvalue weighted by Gasteiger charge is 2.19. The van der Waals surface area contributed by atoms with Gasteiger partial charge in [-0.1, -0.05) is 176 Å². The molecule has 0 saturated carbocycles. The molecule has 0 saturated heterocycles. The number of hydrogen-bond acceptors (Lipinski definition) is 1. The minimum Gasteiger partial charge on any atom is -0.310 e. The van der Waals surface area contributed by atoms with E-state index in [4.69, 9.17) is 0 Å². The van der Waals surface area contributed by atoms with Crippen molar-refractivity contribution in [1.82, 2.24) is 4.57 Å². The molecule has 60 heavy (non-hydrogen) atoms. The minimum atomic E-state index is 1.09. The lowest BCUT2D eigenvalue weighted by Gasteiger charge is -2.27. The molecule has 12 rings (SSSR count). The topological polar surface area (TPSA) is 8.17 Å². The van der Waals surface area contributed by atoms with Crippen LogP contribution in [-0.4, -0.2) is 4.57 Å². The highest BCUT2D eigenvalue weighted by molar-refractivity contribution is 6.26. The van der Waals surface area contributed by atoms with Crippen molar-refractivity contribution in [2.24, 2.45) is 0 Å². The largest absolute Gasteiger partial charge is 0.310 e. The summed E-state index contributed by atoms with van der Waals surface area (Å²) in [6, 6.07) is 84.3. The number of fused-ring (bicyclic) bond motifs is 10. The van der Waals surface area contributed by atoms with Gasteiger partial charge in [-0.2, -0.15) is 0 Å². The predicted octanol–water partition coefficient (Wildman–Crippen LogP) is 16.2. The summed E-state index contributed by atoms with van der Waals surface area (Å²) in [5, 5.41) is 12.6. The van der Waals surface area contributed by atoms with E-state index in [2.05, 4.69) is 240 Å². The molecule has 0 unspecified atom stereocenters. The van der Waals surface area contributed by atoms with Gasteiger partial charge >= 0.3 is 0 Å². The molecule has 280 valence electrons. The summed E-state index contributed by atoms with van der Waals surface area (Å²) in [6.45, 7) is 0. The molecule has 0 aliphatic heterocycles. The number of nitrogens with zero attached hydrogens (tertiary/aromatic N) is 2. The van der Waals surface area contributed by atoms with Gasteiger partial charge in [0.15, 0.2) is 0 Å². The second kappa shape index (κ2) is 13.9. The van der Waals surface area contributed by atoms with Crippen molar-refractivity contribution in [2.45, 2.75) is 0 Å². The molecule has 0 aliphatic carbocycles. The van der Waals surface area contributed by atoms with Gasteiger partial charge in [0.25, 0.3) is 0 Å². The van der Waals surface area contributed by atoms with Gasteiger partial charge in [-0.3, -0.25) is 0 Å². The summed E-state index contributed by atoms with van der Waals surface area (Å²) in [7, 11) is 0. The van der Waals surface area contributed by atoms with Crippen LogP contribution in [0.4, 0.5) is 17.1 Å². The number of aromatic nitrogens is 1. The lowest BCUT2D eigenvalue weighted by molar-refractivity contribution is 1.18. The molecule has 12 aromatic rings. The first-order valence-electron chi connectivity index (χ1n) is 20.7. The quantitative estimate of drug-likeness (QED) is 0.153. The van der Waals surface area contributed by atoms with Gasteiger partial charge in [-0.05, 0) is 114 Å². The van der Waals surface area contributed by atoms with Crippen molar-refractivity contribution in [3.05, 3.63) is 231 Å². The van der Waals surface area contributed by atoms with Gasteiger partial charge in [-0.15, -0.1) is 0 Å². The van der Waals surface area contributed by atoms with Gasteiger partial charge in [-0.25, -0.2) is 0 Å². The summed E-state index contributed by atoms with van der Waals surface area (Å²) >= 11 is 0. The molecule has 0 bridgehead atoms. The molecular formula is C58H38N2. The van der Waals surface area contributed by atoms with Crippen LogP contribution in [-0.2, 0) is 0 Å². The number of para-hydroxylation sites is 3. The van der Waals surface area contributed by atoms with Crippen LogP contribution in [0.15, 0.2) is 231 Å². The standard InChI is InChI=1S/C58H38N2/c1-2-19-45-39(15-1)16-14-27-46(45)41-17-13-18-43(37-41)59(44-35-36-52-50-23-4-3-21-48(50)49-22-5-6-24-51(49)55(52)38-44)42-33-31-40(32-34-42)47-20-7-10-28-56(47)60-57-29-11-8-25-53(57)54-26-9-12-30-58(54)60/h1-38H. The van der Waals surface area contributed by atoms with Gasteiger partial charge in [0.2, 0.25) is 0 Å². The maximum Gasteiger partial charge on any atom is 0.0541 e. The van der Waals surface area contributed by atoms with E-state index in [1.54, 1.807) is 0 Å². The molecule has 1 heterocycles. The average Bonchev–Trinajstić information content (AvgIpc) is 3.66. The maximum absolute atomic E-state index is 2.42. The van der Waals surface area contributed by atoms with Crippen molar-refractivity contribution in [3.8, 4) is 27.9 Å². The fourth-order valence-electron chi connectivity index (χ4n) is 9.66. The third-order valence-corrected chi connectivity index (χ3v) is 12.4. The van der Waals surface area contributed by atoms with Crippen LogP contribution in [0.1, 0.15) is 0 Å². The molecule has 0 amide bonds. The number of benzene rings is 11. The fraction of sp³-hybridized carbons (Fsp3) is 0. The first kappa shape index (κ1) is 34.1. The Labute approximate surface area is 348 Å². The van der Waals surface area contributed by atoms with Crippen molar-refractivity contribution in [2.75, 3.05) is 4.90 Å². The molecule has 0 N–H and O–H groups in total. The minimum absolute atomic E-state index is 1.09. The molecule has 0 radical (unpaired) electrons. The van der Waals surface area contributed by atoms with E-state index in [0.29, 0.717) is 0 Å². The predicted molar refractivity (Wildman–Crippen MR) is 256 cm³/mol. The highest BCUT2D eigenvalue weighted by Crippen LogP contribution is 2.43. The van der Waals surface area contributed by atoms with E-state index in [0.717, 1.165) is 28.3 Å². The maximum atomic E-state index is 2.42. The molecule has 1 aromatic heterocycles. The van der Waals surface area contributed by atoms with Crippen LogP contribution >= 0.6 is 0 Å². The molecule has 0 atom stereocenters. The Morgan fingerprint density at radius 1 is 0.267 bits per heavy atom. The van der Waals surface area contributed by atoms with Gasteiger partial charge in [0, 0.05) is 33.4 Å². The highest BCUT2D eigenvalue weighted by atomic mass is 15.1. The van der Waals surface area contributed by atoms with E-state index in [1.807, 2.05) is 0 Å². The van der Waals surface area contributed by atoms with Crippen molar-refractivity contribution >= 4 is 82.0 Å². The lowest BCUT2D eigenvalue weighted by atomic mass is 9.93. The first-order valence-corrected chi connectivity index (χ1v) is 20.7. The van der Waals surface area contributed by atoms with Crippen molar-refractivity contribution in [1.29, 1.82) is 0 Å². The van der Waals surface area contributed by atoms with Crippen LogP contribution in [0.3, 0.4) is 0 Å². The van der Waals surface area contributed by atoms with Crippen molar-refractivity contribution < 1.29 is 0 Å². The smallest absolute Gasteiger partial charge is 0.0541 e. The van der Waals surface area contributed by atoms with Crippen molar-refractivity contribution in [3.63, 3.8) is 0 Å². The first-order chi connectivity index (χ1) is 29.8. The van der Waals surface area contributed by atoms with Crippen LogP contribution in [0.2, 0.25) is 0 Å². The van der Waals surface area contributed by atoms with E-state index in [1.165, 1.54) is 81.6 Å². The van der Waals surface area contributed by atoms with E-state index in [-0.39, 0.29) is 0 Å². The van der Waals surface area contributed by atoms with E-state index in [9.17, 15) is 0 Å². The summed E-state index contributed by atoms with van der Waals surface area (Å²) in [6.07, 6.45) is 0. The van der Waals surface area contributed by atoms with E-state index >= 15 is 0 Å². The summed E-state index contributed by atoms with van der Waals surface area (Å²) in [5.41, 5.74) is 11.6. The fourth-order valence-corrected chi connectivity index (χ4v) is 9.66. The number of anilines is 3. The Morgan fingerprint density at radius 2 is 0.750 bits per heavy atom. The van der Waals surface area contributed by atoms with E-state index < -0.39 is 0 Å². The van der Waals surface area contributed by atoms with Gasteiger partial charge in [0.05, 0.1) is 16.7 Å². The Hall–Kier alpha value is -7.94. The SMILES string of the molecule is c1cc(-c2cccc3ccccc23)cc(N(c2ccc(-c3ccccc3-n3c4ccccc4c4ccccc43)cc2)c2ccc3c4ccccc4c4ccccc4c3c2)c1. The van der Waals surface area contributed by atoms with Gasteiger partial charge in [0.1, 0.15) is 0 Å². The second-order valence-corrected chi connectivity index (χ2v) is 15.7. The average molecular weight is 763 g/mol. The number of hydrogen-bond donors (Lipinski definition) is 0. The summed E-state index contributed by atoms with van der Waals surface area (Å²) in [5.74, 6) is 0. The van der Waals surface area contributed by atoms with Crippen LogP contribution in [0, 0.1) is 0 Å². The van der Waals surface area contributed by atoms with Crippen LogP contribution in [0.5, 0.6) is 0 Å². The Bertz CT molecular complexity index is 3520. The van der Waals surface area contributed by atoms with Gasteiger partial charge < -0.3 is 9.47 Å². The van der Waals surface area contributed by atoms with Crippen LogP contribution in [0.25, 0.3) is 92.8 Å². The zero-order valence-corrected chi connectivity index (χ0v) is 32.8. The normalized spacial score (nSPS) is 11.7. The third kappa shape index (κ3) is 5.42. The summed E-state index contributed by atoms with van der Waals surface area (Å²) < 4.78 is 2.42. The molecule has 0 aliphatic rings.